The molecule has 0 aromatic carbocycles. The second-order valence-electron chi connectivity index (χ2n) is 2.89. The largest absolute Gasteiger partial charge is 0.388 e. The van der Waals surface area contributed by atoms with Crippen molar-refractivity contribution in [3.05, 3.63) is 0 Å². The SMILES string of the molecule is CSCCC1(O)CCNC1. The van der Waals surface area contributed by atoms with Crippen molar-refractivity contribution in [1.29, 1.82) is 0 Å². The molecule has 2 N–H and O–H groups in total. The van der Waals surface area contributed by atoms with E-state index in [1.165, 1.54) is 0 Å². The minimum atomic E-state index is -0.386. The van der Waals surface area contributed by atoms with Crippen LogP contribution in [0, 0.1) is 0 Å². The zero-order valence-electron chi connectivity index (χ0n) is 6.39. The van der Waals surface area contributed by atoms with Gasteiger partial charge in [-0.15, -0.1) is 0 Å². The number of hydrogen-bond donors (Lipinski definition) is 2. The molecule has 0 aromatic heterocycles. The number of rotatable bonds is 3. The fourth-order valence-corrected chi connectivity index (χ4v) is 1.82. The topological polar surface area (TPSA) is 32.3 Å². The van der Waals surface area contributed by atoms with E-state index in [9.17, 15) is 5.11 Å². The summed E-state index contributed by atoms with van der Waals surface area (Å²) in [5.41, 5.74) is -0.386. The monoisotopic (exact) mass is 161 g/mol. The first-order chi connectivity index (χ1) is 4.77. The van der Waals surface area contributed by atoms with E-state index >= 15 is 0 Å². The molecular weight excluding hydrogens is 146 g/mol. The Hall–Kier alpha value is 0.270. The van der Waals surface area contributed by atoms with Crippen molar-refractivity contribution in [3.63, 3.8) is 0 Å². The van der Waals surface area contributed by atoms with E-state index in [1.54, 1.807) is 11.8 Å². The first-order valence-corrected chi connectivity index (χ1v) is 5.08. The summed E-state index contributed by atoms with van der Waals surface area (Å²) >= 11 is 1.80. The van der Waals surface area contributed by atoms with Crippen molar-refractivity contribution >= 4 is 11.8 Å². The van der Waals surface area contributed by atoms with Crippen molar-refractivity contribution < 1.29 is 5.11 Å². The number of β-amino-alcohol motifs (C(OH)–C–C–N with tert-alkyl or cyclic N) is 1. The van der Waals surface area contributed by atoms with Gasteiger partial charge in [-0.05, 0) is 31.4 Å². The first-order valence-electron chi connectivity index (χ1n) is 3.69. The summed E-state index contributed by atoms with van der Waals surface area (Å²) in [7, 11) is 0. The van der Waals surface area contributed by atoms with Crippen molar-refractivity contribution in [2.24, 2.45) is 0 Å². The van der Waals surface area contributed by atoms with Gasteiger partial charge in [0.15, 0.2) is 0 Å². The highest BCUT2D eigenvalue weighted by Crippen LogP contribution is 2.19. The van der Waals surface area contributed by atoms with Gasteiger partial charge in [0.25, 0.3) is 0 Å². The summed E-state index contributed by atoms with van der Waals surface area (Å²) in [5.74, 6) is 1.07. The minimum absolute atomic E-state index is 0.386. The normalized spacial score (nSPS) is 33.0. The van der Waals surface area contributed by atoms with Crippen LogP contribution in [-0.4, -0.2) is 35.8 Å². The van der Waals surface area contributed by atoms with Gasteiger partial charge in [-0.3, -0.25) is 0 Å². The summed E-state index contributed by atoms with van der Waals surface area (Å²) in [6.07, 6.45) is 3.93. The molecule has 1 aliphatic rings. The summed E-state index contributed by atoms with van der Waals surface area (Å²) in [6.45, 7) is 1.76. The maximum atomic E-state index is 9.75. The molecular formula is C7H15NOS. The van der Waals surface area contributed by atoms with Crippen LogP contribution < -0.4 is 5.32 Å². The highest BCUT2D eigenvalue weighted by atomic mass is 32.2. The molecule has 0 saturated carbocycles. The average molecular weight is 161 g/mol. The molecule has 0 amide bonds. The van der Waals surface area contributed by atoms with Crippen molar-refractivity contribution in [2.45, 2.75) is 18.4 Å². The Morgan fingerprint density at radius 1 is 1.70 bits per heavy atom. The molecule has 1 aliphatic heterocycles. The van der Waals surface area contributed by atoms with E-state index in [2.05, 4.69) is 11.6 Å². The fraction of sp³-hybridized carbons (Fsp3) is 1.00. The predicted molar refractivity (Wildman–Crippen MR) is 45.4 cm³/mol. The lowest BCUT2D eigenvalue weighted by Crippen LogP contribution is -2.31. The Balaban J connectivity index is 2.22. The van der Waals surface area contributed by atoms with E-state index in [1.807, 2.05) is 0 Å². The lowest BCUT2D eigenvalue weighted by Gasteiger charge is -2.19. The van der Waals surface area contributed by atoms with Crippen molar-refractivity contribution in [1.82, 2.24) is 5.32 Å². The minimum Gasteiger partial charge on any atom is -0.388 e. The Labute approximate surface area is 66.4 Å². The lowest BCUT2D eigenvalue weighted by atomic mass is 10.0. The predicted octanol–water partition coefficient (Wildman–Crippen LogP) is 0.464. The average Bonchev–Trinajstić information content (AvgIpc) is 2.33. The van der Waals surface area contributed by atoms with E-state index < -0.39 is 0 Å². The Kier molecular flexibility index (Phi) is 3.01. The van der Waals surface area contributed by atoms with Gasteiger partial charge in [0.1, 0.15) is 0 Å². The third-order valence-corrected chi connectivity index (χ3v) is 2.61. The molecule has 1 fully saturated rings. The van der Waals surface area contributed by atoms with E-state index in [-0.39, 0.29) is 5.60 Å². The van der Waals surface area contributed by atoms with E-state index in [0.29, 0.717) is 0 Å². The summed E-state index contributed by atoms with van der Waals surface area (Å²) < 4.78 is 0. The number of hydrogen-bond acceptors (Lipinski definition) is 3. The van der Waals surface area contributed by atoms with Crippen LogP contribution in [-0.2, 0) is 0 Å². The maximum Gasteiger partial charge on any atom is 0.0791 e. The van der Waals surface area contributed by atoms with E-state index in [4.69, 9.17) is 0 Å². The molecule has 0 radical (unpaired) electrons. The highest BCUT2D eigenvalue weighted by molar-refractivity contribution is 7.98. The van der Waals surface area contributed by atoms with Gasteiger partial charge in [0.2, 0.25) is 0 Å². The summed E-state index contributed by atoms with van der Waals surface area (Å²) in [4.78, 5) is 0. The third kappa shape index (κ3) is 2.15. The van der Waals surface area contributed by atoms with Gasteiger partial charge in [0.05, 0.1) is 5.60 Å². The molecule has 0 aliphatic carbocycles. The molecule has 2 nitrogen and oxygen atoms in total. The standard InChI is InChI=1S/C7H15NOS/c1-10-5-3-7(9)2-4-8-6-7/h8-9H,2-6H2,1H3. The van der Waals surface area contributed by atoms with Gasteiger partial charge in [-0.1, -0.05) is 0 Å². The van der Waals surface area contributed by atoms with Crippen LogP contribution in [0.25, 0.3) is 0 Å². The molecule has 1 atom stereocenters. The number of nitrogens with one attached hydrogen (secondary N) is 1. The van der Waals surface area contributed by atoms with Crippen LogP contribution in [0.3, 0.4) is 0 Å². The highest BCUT2D eigenvalue weighted by Gasteiger charge is 2.29. The lowest BCUT2D eigenvalue weighted by molar-refractivity contribution is 0.0588. The molecule has 1 unspecified atom stereocenters. The van der Waals surface area contributed by atoms with Gasteiger partial charge in [0, 0.05) is 6.54 Å². The van der Waals surface area contributed by atoms with Crippen LogP contribution >= 0.6 is 11.8 Å². The van der Waals surface area contributed by atoms with Crippen LogP contribution in [0.2, 0.25) is 0 Å². The molecule has 0 spiro atoms. The second kappa shape index (κ2) is 3.60. The van der Waals surface area contributed by atoms with Crippen LogP contribution in [0.1, 0.15) is 12.8 Å². The Bertz CT molecular complexity index is 102. The Morgan fingerprint density at radius 3 is 3.00 bits per heavy atom. The molecule has 1 saturated heterocycles. The molecule has 0 bridgehead atoms. The molecule has 3 heteroatoms. The van der Waals surface area contributed by atoms with Gasteiger partial charge >= 0.3 is 0 Å². The maximum absolute atomic E-state index is 9.75. The smallest absolute Gasteiger partial charge is 0.0791 e. The zero-order chi connectivity index (χ0) is 7.45. The third-order valence-electron chi connectivity index (χ3n) is 1.99. The fourth-order valence-electron chi connectivity index (χ4n) is 1.24. The van der Waals surface area contributed by atoms with Crippen LogP contribution in [0.4, 0.5) is 0 Å². The Morgan fingerprint density at radius 2 is 2.50 bits per heavy atom. The van der Waals surface area contributed by atoms with Gasteiger partial charge in [-0.25, -0.2) is 0 Å². The summed E-state index contributed by atoms with van der Waals surface area (Å²) in [5, 5.41) is 12.9. The molecule has 60 valence electrons. The quantitative estimate of drug-likeness (QED) is 0.631. The van der Waals surface area contributed by atoms with E-state index in [0.717, 1.165) is 31.7 Å². The molecule has 1 heterocycles. The summed E-state index contributed by atoms with van der Waals surface area (Å²) in [6, 6.07) is 0. The van der Waals surface area contributed by atoms with Gasteiger partial charge in [-0.2, -0.15) is 11.8 Å². The first kappa shape index (κ1) is 8.37. The number of thioether (sulfide) groups is 1. The van der Waals surface area contributed by atoms with Crippen molar-refractivity contribution in [3.8, 4) is 0 Å². The second-order valence-corrected chi connectivity index (χ2v) is 3.88. The zero-order valence-corrected chi connectivity index (χ0v) is 7.21. The molecule has 1 rings (SSSR count). The van der Waals surface area contributed by atoms with Gasteiger partial charge < -0.3 is 10.4 Å². The van der Waals surface area contributed by atoms with Crippen LogP contribution in [0.5, 0.6) is 0 Å². The van der Waals surface area contributed by atoms with Crippen LogP contribution in [0.15, 0.2) is 0 Å². The number of aliphatic hydroxyl groups is 1. The molecule has 10 heavy (non-hydrogen) atoms. The van der Waals surface area contributed by atoms with Crippen molar-refractivity contribution in [2.75, 3.05) is 25.1 Å². The molecule has 0 aromatic rings.